The van der Waals surface area contributed by atoms with Crippen LogP contribution >= 0.6 is 0 Å². The maximum atomic E-state index is 9.06. The van der Waals surface area contributed by atoms with Crippen molar-refractivity contribution in [3.63, 3.8) is 0 Å². The Kier molecular flexibility index (Phi) is 1.54. The van der Waals surface area contributed by atoms with E-state index in [-0.39, 0.29) is 6.10 Å². The Hall–Kier alpha value is -0.495. The molecule has 0 aromatic rings. The van der Waals surface area contributed by atoms with Gasteiger partial charge in [-0.25, -0.2) is 0 Å². The molecule has 1 nitrogen and oxygen atoms in total. The van der Waals surface area contributed by atoms with E-state index in [1.165, 1.54) is 0 Å². The second-order valence-corrected chi connectivity index (χ2v) is 2.09. The monoisotopic (exact) mass is 108 g/mol. The van der Waals surface area contributed by atoms with E-state index >= 15 is 0 Å². The Morgan fingerprint density at radius 2 is 2.50 bits per heavy atom. The summed E-state index contributed by atoms with van der Waals surface area (Å²) in [6, 6.07) is 0. The number of aliphatic hydroxyl groups is 1. The van der Waals surface area contributed by atoms with E-state index in [1.807, 2.05) is 26.1 Å². The van der Waals surface area contributed by atoms with Gasteiger partial charge < -0.3 is 5.11 Å². The lowest BCUT2D eigenvalue weighted by Gasteiger charge is -2.10. The predicted octanol–water partition coefficient (Wildman–Crippen LogP) is -0.176. The molecule has 0 radical (unpaired) electrons. The first-order chi connectivity index (χ1) is 3.80. The van der Waals surface area contributed by atoms with Crippen LogP contribution in [0, 0.1) is 0 Å². The zero-order valence-corrected chi connectivity index (χ0v) is 4.96. The van der Waals surface area contributed by atoms with Crippen molar-refractivity contribution >= 4 is 7.85 Å². The van der Waals surface area contributed by atoms with Crippen molar-refractivity contribution in [1.29, 1.82) is 0 Å². The van der Waals surface area contributed by atoms with Crippen molar-refractivity contribution in [2.45, 2.75) is 12.5 Å². The third-order valence-corrected chi connectivity index (χ3v) is 1.38. The van der Waals surface area contributed by atoms with Gasteiger partial charge in [-0.05, 0) is 6.42 Å². The molecule has 42 valence electrons. The molecule has 0 aromatic carbocycles. The fraction of sp³-hybridized carbons (Fsp3) is 0.333. The molecule has 1 atom stereocenters. The summed E-state index contributed by atoms with van der Waals surface area (Å²) in [7, 11) is 1.94. The first-order valence-electron chi connectivity index (χ1n) is 2.82. The zero-order chi connectivity index (χ0) is 5.98. The van der Waals surface area contributed by atoms with Gasteiger partial charge in [0.1, 0.15) is 7.85 Å². The van der Waals surface area contributed by atoms with Gasteiger partial charge in [-0.15, -0.1) is 0 Å². The second-order valence-electron chi connectivity index (χ2n) is 2.09. The van der Waals surface area contributed by atoms with Crippen LogP contribution in [-0.2, 0) is 0 Å². The summed E-state index contributed by atoms with van der Waals surface area (Å²) < 4.78 is 0. The van der Waals surface area contributed by atoms with E-state index in [0.717, 1.165) is 11.9 Å². The van der Waals surface area contributed by atoms with Crippen molar-refractivity contribution in [1.82, 2.24) is 0 Å². The van der Waals surface area contributed by atoms with Gasteiger partial charge in [-0.1, -0.05) is 23.7 Å². The standard InChI is InChI=1S/C6H9BO/c7-5-3-1-2-4-6(5)8/h1-3,6,8H,4,7H2. The molecule has 0 saturated carbocycles. The van der Waals surface area contributed by atoms with Crippen LogP contribution in [0.25, 0.3) is 0 Å². The first kappa shape index (κ1) is 5.64. The second kappa shape index (κ2) is 2.18. The Bertz CT molecular complexity index is 137. The molecule has 0 aromatic heterocycles. The molecular weight excluding hydrogens is 98.9 g/mol. The third kappa shape index (κ3) is 1.01. The summed E-state index contributed by atoms with van der Waals surface area (Å²) in [5.41, 5.74) is 1.06. The zero-order valence-electron chi connectivity index (χ0n) is 4.96. The molecule has 2 heteroatoms. The molecule has 0 heterocycles. The van der Waals surface area contributed by atoms with Crippen molar-refractivity contribution in [2.75, 3.05) is 0 Å². The fourth-order valence-electron chi connectivity index (χ4n) is 0.724. The summed E-state index contributed by atoms with van der Waals surface area (Å²) in [4.78, 5) is 0. The van der Waals surface area contributed by atoms with E-state index in [2.05, 4.69) is 0 Å². The van der Waals surface area contributed by atoms with E-state index in [1.54, 1.807) is 0 Å². The van der Waals surface area contributed by atoms with E-state index in [0.29, 0.717) is 0 Å². The maximum absolute atomic E-state index is 9.06. The SMILES string of the molecule is BC1=CC=CCC1O. The molecule has 1 unspecified atom stereocenters. The molecule has 0 amide bonds. The smallest absolute Gasteiger partial charge is 0.137 e. The molecule has 8 heavy (non-hydrogen) atoms. The summed E-state index contributed by atoms with van der Waals surface area (Å²) >= 11 is 0. The average molecular weight is 108 g/mol. The van der Waals surface area contributed by atoms with E-state index < -0.39 is 0 Å². The lowest BCUT2D eigenvalue weighted by Crippen LogP contribution is -2.10. The molecule has 0 fully saturated rings. The maximum Gasteiger partial charge on any atom is 0.137 e. The van der Waals surface area contributed by atoms with Gasteiger partial charge in [0.25, 0.3) is 0 Å². The van der Waals surface area contributed by atoms with Crippen LogP contribution < -0.4 is 0 Å². The molecule has 1 N–H and O–H groups in total. The Morgan fingerprint density at radius 1 is 1.75 bits per heavy atom. The molecule has 1 rings (SSSR count). The van der Waals surface area contributed by atoms with Gasteiger partial charge in [0.2, 0.25) is 0 Å². The molecule has 0 spiro atoms. The number of hydrogen-bond donors (Lipinski definition) is 1. The minimum absolute atomic E-state index is 0.222. The highest BCUT2D eigenvalue weighted by Gasteiger charge is 2.04. The Labute approximate surface area is 50.1 Å². The largest absolute Gasteiger partial charge is 0.389 e. The summed E-state index contributed by atoms with van der Waals surface area (Å²) in [6.07, 6.45) is 6.44. The molecule has 0 bridgehead atoms. The highest BCUT2D eigenvalue weighted by Crippen LogP contribution is 2.07. The van der Waals surface area contributed by atoms with E-state index in [9.17, 15) is 0 Å². The number of rotatable bonds is 0. The summed E-state index contributed by atoms with van der Waals surface area (Å²) in [6.45, 7) is 0. The van der Waals surface area contributed by atoms with E-state index in [4.69, 9.17) is 5.11 Å². The van der Waals surface area contributed by atoms with Crippen molar-refractivity contribution in [2.24, 2.45) is 0 Å². The van der Waals surface area contributed by atoms with Crippen LogP contribution in [-0.4, -0.2) is 19.1 Å². The topological polar surface area (TPSA) is 20.2 Å². The van der Waals surface area contributed by atoms with Crippen LogP contribution in [0.3, 0.4) is 0 Å². The number of allylic oxidation sites excluding steroid dienone is 2. The quantitative estimate of drug-likeness (QED) is 0.427. The highest BCUT2D eigenvalue weighted by atomic mass is 16.3. The van der Waals surface area contributed by atoms with Gasteiger partial charge in [-0.3, -0.25) is 0 Å². The van der Waals surface area contributed by atoms with Gasteiger partial charge >= 0.3 is 0 Å². The van der Waals surface area contributed by atoms with Crippen LogP contribution in [0.5, 0.6) is 0 Å². The number of aliphatic hydroxyl groups excluding tert-OH is 1. The Morgan fingerprint density at radius 3 is 2.88 bits per heavy atom. The summed E-state index contributed by atoms with van der Waals surface area (Å²) in [5.74, 6) is 0. The van der Waals surface area contributed by atoms with Crippen molar-refractivity contribution in [3.05, 3.63) is 23.7 Å². The Balaban J connectivity index is 2.66. The van der Waals surface area contributed by atoms with Gasteiger partial charge in [0, 0.05) is 0 Å². The molecule has 0 aliphatic heterocycles. The third-order valence-electron chi connectivity index (χ3n) is 1.38. The van der Waals surface area contributed by atoms with Gasteiger partial charge in [-0.2, -0.15) is 0 Å². The van der Waals surface area contributed by atoms with Crippen LogP contribution in [0.1, 0.15) is 6.42 Å². The predicted molar refractivity (Wildman–Crippen MR) is 36.4 cm³/mol. The normalized spacial score (nSPS) is 27.6. The van der Waals surface area contributed by atoms with Crippen molar-refractivity contribution < 1.29 is 5.11 Å². The molecular formula is C6H9BO. The number of hydrogen-bond acceptors (Lipinski definition) is 1. The molecule has 0 saturated heterocycles. The molecule has 1 aliphatic carbocycles. The van der Waals surface area contributed by atoms with Crippen LogP contribution in [0.15, 0.2) is 23.7 Å². The van der Waals surface area contributed by atoms with Gasteiger partial charge in [0.05, 0.1) is 6.10 Å². The molecule has 1 aliphatic rings. The minimum atomic E-state index is -0.222. The van der Waals surface area contributed by atoms with Crippen LogP contribution in [0.4, 0.5) is 0 Å². The first-order valence-corrected chi connectivity index (χ1v) is 2.82. The lowest BCUT2D eigenvalue weighted by atomic mass is 9.86. The average Bonchev–Trinajstić information content (AvgIpc) is 1.77. The fourth-order valence-corrected chi connectivity index (χ4v) is 0.724. The lowest BCUT2D eigenvalue weighted by molar-refractivity contribution is 0.221. The summed E-state index contributed by atoms with van der Waals surface area (Å²) in [5, 5.41) is 9.06. The highest BCUT2D eigenvalue weighted by molar-refractivity contribution is 6.22. The van der Waals surface area contributed by atoms with Gasteiger partial charge in [0.15, 0.2) is 0 Å². The minimum Gasteiger partial charge on any atom is -0.389 e. The van der Waals surface area contributed by atoms with Crippen molar-refractivity contribution in [3.8, 4) is 0 Å². The van der Waals surface area contributed by atoms with Crippen LogP contribution in [0.2, 0.25) is 0 Å².